The lowest BCUT2D eigenvalue weighted by Gasteiger charge is -2.02. The number of hydrogen-bond acceptors (Lipinski definition) is 4. The van der Waals surface area contributed by atoms with E-state index in [1.165, 1.54) is 12.1 Å². The Labute approximate surface area is 182 Å². The molecule has 31 heavy (non-hydrogen) atoms. The molecule has 1 aliphatic rings. The lowest BCUT2D eigenvalue weighted by molar-refractivity contribution is -0.136. The number of nitrogens with one attached hydrogen (secondary N) is 1. The number of amides is 1. The quantitative estimate of drug-likeness (QED) is 0.556. The molecule has 3 aromatic rings. The largest absolute Gasteiger partial charge is 0.481 e. The van der Waals surface area contributed by atoms with Gasteiger partial charge in [-0.2, -0.15) is 0 Å². The third kappa shape index (κ3) is 5.26. The second kappa shape index (κ2) is 8.97. The van der Waals surface area contributed by atoms with Crippen molar-refractivity contribution in [1.82, 2.24) is 5.32 Å². The van der Waals surface area contributed by atoms with Crippen molar-refractivity contribution in [2.75, 3.05) is 0 Å². The first-order valence-corrected chi connectivity index (χ1v) is 10.2. The van der Waals surface area contributed by atoms with E-state index in [0.717, 1.165) is 34.5 Å². The predicted molar refractivity (Wildman–Crippen MR) is 120 cm³/mol. The zero-order valence-corrected chi connectivity index (χ0v) is 17.0. The predicted octanol–water partition coefficient (Wildman–Crippen LogP) is 5.01. The van der Waals surface area contributed by atoms with Crippen molar-refractivity contribution < 1.29 is 19.1 Å². The summed E-state index contributed by atoms with van der Waals surface area (Å²) in [5, 5.41) is 11.9. The lowest BCUT2D eigenvalue weighted by Crippen LogP contribution is -2.19. The summed E-state index contributed by atoms with van der Waals surface area (Å²) < 4.78 is 13.8. The van der Waals surface area contributed by atoms with Gasteiger partial charge in [0.15, 0.2) is 5.17 Å². The van der Waals surface area contributed by atoms with Crippen LogP contribution in [0.3, 0.4) is 0 Å². The maximum atomic E-state index is 13.8. The van der Waals surface area contributed by atoms with Crippen molar-refractivity contribution in [3.63, 3.8) is 0 Å². The molecule has 1 amide bonds. The van der Waals surface area contributed by atoms with E-state index in [9.17, 15) is 14.0 Å². The van der Waals surface area contributed by atoms with E-state index in [4.69, 9.17) is 5.11 Å². The van der Waals surface area contributed by atoms with Gasteiger partial charge < -0.3 is 10.4 Å². The Hall–Kier alpha value is -3.71. The highest BCUT2D eigenvalue weighted by Gasteiger charge is 2.24. The molecule has 0 atom stereocenters. The molecule has 0 saturated carbocycles. The summed E-state index contributed by atoms with van der Waals surface area (Å²) in [4.78, 5) is 27.9. The van der Waals surface area contributed by atoms with Crippen molar-refractivity contribution >= 4 is 40.6 Å². The molecule has 1 heterocycles. The fourth-order valence-corrected chi connectivity index (χ4v) is 3.97. The number of carboxylic acid groups (broad SMARTS) is 1. The second-order valence-electron chi connectivity index (χ2n) is 6.86. The van der Waals surface area contributed by atoms with Crippen molar-refractivity contribution in [2.24, 2.45) is 4.99 Å². The normalized spacial score (nSPS) is 16.0. The van der Waals surface area contributed by atoms with Gasteiger partial charge in [0.05, 0.1) is 17.0 Å². The van der Waals surface area contributed by atoms with Crippen molar-refractivity contribution in [3.05, 3.63) is 94.6 Å². The van der Waals surface area contributed by atoms with Gasteiger partial charge in [-0.3, -0.25) is 9.59 Å². The monoisotopic (exact) mass is 432 g/mol. The van der Waals surface area contributed by atoms with Crippen molar-refractivity contribution in [2.45, 2.75) is 6.42 Å². The summed E-state index contributed by atoms with van der Waals surface area (Å²) in [6, 6.07) is 21.7. The number of halogens is 1. The number of aliphatic carboxylic acids is 1. The van der Waals surface area contributed by atoms with Crippen LogP contribution in [0.15, 0.2) is 82.7 Å². The van der Waals surface area contributed by atoms with Crippen LogP contribution < -0.4 is 5.32 Å². The summed E-state index contributed by atoms with van der Waals surface area (Å²) in [7, 11) is 0. The molecule has 0 aromatic heterocycles. The van der Waals surface area contributed by atoms with E-state index >= 15 is 0 Å². The zero-order valence-electron chi connectivity index (χ0n) is 16.2. The molecule has 0 aliphatic carbocycles. The third-order valence-electron chi connectivity index (χ3n) is 4.49. The number of amidine groups is 1. The summed E-state index contributed by atoms with van der Waals surface area (Å²) in [5.41, 5.74) is 3.61. The summed E-state index contributed by atoms with van der Waals surface area (Å²) in [5.74, 6) is -1.93. The van der Waals surface area contributed by atoms with E-state index in [-0.39, 0.29) is 18.0 Å². The molecule has 1 saturated heterocycles. The number of carboxylic acids is 1. The Bertz CT molecular complexity index is 1210. The van der Waals surface area contributed by atoms with Crippen LogP contribution in [-0.2, 0) is 16.0 Å². The first kappa shape index (κ1) is 20.6. The minimum absolute atomic E-state index is 0.243. The van der Waals surface area contributed by atoms with Crippen LogP contribution in [0.2, 0.25) is 0 Å². The number of aliphatic imine (C=N–C) groups is 1. The van der Waals surface area contributed by atoms with E-state index in [0.29, 0.717) is 15.6 Å². The molecular weight excluding hydrogens is 415 g/mol. The zero-order chi connectivity index (χ0) is 21.8. The fourth-order valence-electron chi connectivity index (χ4n) is 3.13. The highest BCUT2D eigenvalue weighted by Crippen LogP contribution is 2.29. The van der Waals surface area contributed by atoms with E-state index < -0.39 is 11.8 Å². The number of carbonyl (C=O) groups is 2. The molecule has 154 valence electrons. The molecule has 3 aromatic carbocycles. The highest BCUT2D eigenvalue weighted by atomic mass is 32.2. The third-order valence-corrected chi connectivity index (χ3v) is 5.40. The van der Waals surface area contributed by atoms with E-state index in [1.807, 2.05) is 54.6 Å². The topological polar surface area (TPSA) is 78.8 Å². The summed E-state index contributed by atoms with van der Waals surface area (Å²) in [6.07, 6.45) is 1.46. The maximum absolute atomic E-state index is 13.8. The van der Waals surface area contributed by atoms with Crippen LogP contribution in [0.25, 0.3) is 17.2 Å². The lowest BCUT2D eigenvalue weighted by atomic mass is 10.0. The molecule has 2 N–H and O–H groups in total. The van der Waals surface area contributed by atoms with Gasteiger partial charge in [-0.1, -0.05) is 54.6 Å². The van der Waals surface area contributed by atoms with Gasteiger partial charge in [0, 0.05) is 0 Å². The van der Waals surface area contributed by atoms with Crippen LogP contribution in [0, 0.1) is 5.82 Å². The van der Waals surface area contributed by atoms with Gasteiger partial charge in [0.1, 0.15) is 5.82 Å². The van der Waals surface area contributed by atoms with Crippen LogP contribution in [0.4, 0.5) is 10.1 Å². The van der Waals surface area contributed by atoms with Gasteiger partial charge in [-0.15, -0.1) is 0 Å². The van der Waals surface area contributed by atoms with Crippen LogP contribution in [-0.4, -0.2) is 22.2 Å². The Morgan fingerprint density at radius 1 is 1.03 bits per heavy atom. The minimum Gasteiger partial charge on any atom is -0.481 e. The van der Waals surface area contributed by atoms with Crippen LogP contribution >= 0.6 is 11.8 Å². The molecule has 0 radical (unpaired) electrons. The van der Waals surface area contributed by atoms with Gasteiger partial charge in [0.25, 0.3) is 5.91 Å². The number of carbonyl (C=O) groups excluding carboxylic acids is 1. The first-order valence-electron chi connectivity index (χ1n) is 9.42. The number of thioether (sulfide) groups is 1. The van der Waals surface area contributed by atoms with E-state index in [2.05, 4.69) is 10.3 Å². The molecule has 1 fully saturated rings. The first-order chi connectivity index (χ1) is 15.0. The van der Waals surface area contributed by atoms with Gasteiger partial charge in [-0.25, -0.2) is 9.38 Å². The minimum atomic E-state index is -1.06. The van der Waals surface area contributed by atoms with Crippen molar-refractivity contribution in [1.29, 1.82) is 0 Å². The number of benzene rings is 3. The molecule has 0 unspecified atom stereocenters. The Balaban J connectivity index is 1.52. The Morgan fingerprint density at radius 3 is 2.45 bits per heavy atom. The molecule has 4 rings (SSSR count). The SMILES string of the molecule is O=C(O)Cc1cc(F)cc(N=C2NC(=O)C(=Cc3ccc(-c4ccccc4)cc3)S2)c1. The molecule has 0 spiro atoms. The summed E-state index contributed by atoms with van der Waals surface area (Å²) >= 11 is 1.15. The number of hydrogen-bond donors (Lipinski definition) is 2. The Kier molecular flexibility index (Phi) is 5.95. The molecular formula is C24H17FN2O3S. The number of rotatable bonds is 5. The average molecular weight is 432 g/mol. The second-order valence-corrected chi connectivity index (χ2v) is 7.89. The smallest absolute Gasteiger partial charge is 0.307 e. The summed E-state index contributed by atoms with van der Waals surface area (Å²) in [6.45, 7) is 0. The maximum Gasteiger partial charge on any atom is 0.307 e. The average Bonchev–Trinajstić information content (AvgIpc) is 3.07. The van der Waals surface area contributed by atoms with Gasteiger partial charge in [-0.05, 0) is 58.3 Å². The molecule has 5 nitrogen and oxygen atoms in total. The van der Waals surface area contributed by atoms with Crippen LogP contribution in [0.5, 0.6) is 0 Å². The fraction of sp³-hybridized carbons (Fsp3) is 0.0417. The van der Waals surface area contributed by atoms with Crippen LogP contribution in [0.1, 0.15) is 11.1 Å². The number of nitrogens with zero attached hydrogens (tertiary/aromatic N) is 1. The molecule has 7 heteroatoms. The van der Waals surface area contributed by atoms with E-state index in [1.54, 1.807) is 6.08 Å². The van der Waals surface area contributed by atoms with Gasteiger partial charge in [0.2, 0.25) is 0 Å². The Morgan fingerprint density at radius 2 is 1.74 bits per heavy atom. The standard InChI is InChI=1S/C24H17FN2O3S/c25-19-10-16(13-22(28)29)11-20(14-19)26-24-27-23(30)21(31-24)12-15-6-8-18(9-7-15)17-4-2-1-3-5-17/h1-12,14H,13H2,(H,28,29)(H,26,27,30). The highest BCUT2D eigenvalue weighted by molar-refractivity contribution is 8.18. The van der Waals surface area contributed by atoms with Gasteiger partial charge >= 0.3 is 5.97 Å². The molecule has 1 aliphatic heterocycles. The molecule has 0 bridgehead atoms. The van der Waals surface area contributed by atoms with Crippen molar-refractivity contribution in [3.8, 4) is 11.1 Å².